The van der Waals surface area contributed by atoms with E-state index in [4.69, 9.17) is 4.74 Å². The van der Waals surface area contributed by atoms with Crippen LogP contribution in [0.15, 0.2) is 23.9 Å². The van der Waals surface area contributed by atoms with E-state index in [1.807, 2.05) is 7.05 Å². The van der Waals surface area contributed by atoms with Crippen LogP contribution in [0.1, 0.15) is 36.0 Å². The topological polar surface area (TPSA) is 102 Å². The Morgan fingerprint density at radius 2 is 2.13 bits per heavy atom. The lowest BCUT2D eigenvalue weighted by atomic mass is 9.95. The molecule has 2 aliphatic carbocycles. The van der Waals surface area contributed by atoms with Gasteiger partial charge in [-0.15, -0.1) is 0 Å². The number of hydrogen-bond acceptors (Lipinski definition) is 6. The molecule has 3 fully saturated rings. The van der Waals surface area contributed by atoms with Crippen molar-refractivity contribution in [2.45, 2.75) is 43.4 Å². The molecule has 1 saturated heterocycles. The van der Waals surface area contributed by atoms with Crippen molar-refractivity contribution in [2.24, 2.45) is 5.92 Å². The molecule has 0 radical (unpaired) electrons. The number of ether oxygens (including phenoxy) is 1. The van der Waals surface area contributed by atoms with Gasteiger partial charge >= 0.3 is 5.97 Å². The number of halogens is 1. The van der Waals surface area contributed by atoms with Crippen LogP contribution in [0.25, 0.3) is 0 Å². The van der Waals surface area contributed by atoms with Gasteiger partial charge in [-0.2, -0.15) is 0 Å². The first-order chi connectivity index (χ1) is 14.8. The highest BCUT2D eigenvalue weighted by Gasteiger charge is 2.56. The third-order valence-corrected chi connectivity index (χ3v) is 7.48. The molecule has 1 aromatic carbocycles. The summed E-state index contributed by atoms with van der Waals surface area (Å²) >= 11 is 0. The average molecular weight is 431 g/mol. The summed E-state index contributed by atoms with van der Waals surface area (Å²) in [6.07, 6.45) is 2.79. The number of carbonyl (C=O) groups excluding carboxylic acids is 1. The van der Waals surface area contributed by atoms with Crippen LogP contribution in [0.4, 0.5) is 15.8 Å². The molecule has 2 saturated carbocycles. The quantitative estimate of drug-likeness (QED) is 0.405. The van der Waals surface area contributed by atoms with E-state index in [0.717, 1.165) is 38.6 Å². The van der Waals surface area contributed by atoms with Crippen molar-refractivity contribution >= 4 is 23.1 Å². The van der Waals surface area contributed by atoms with E-state index in [9.17, 15) is 24.3 Å². The molecular formula is C22H26FN3O5. The number of benzene rings is 1. The second kappa shape index (κ2) is 6.75. The lowest BCUT2D eigenvalue weighted by molar-refractivity contribution is -0.132. The molecule has 2 N–H and O–H groups in total. The van der Waals surface area contributed by atoms with Crippen LogP contribution < -0.4 is 19.6 Å². The summed E-state index contributed by atoms with van der Waals surface area (Å²) in [6.45, 7) is 1.57. The number of nitrogens with one attached hydrogen (secondary N) is 1. The molecule has 9 heteroatoms. The highest BCUT2D eigenvalue weighted by Crippen LogP contribution is 2.54. The van der Waals surface area contributed by atoms with Crippen molar-refractivity contribution in [3.05, 3.63) is 34.7 Å². The monoisotopic (exact) mass is 431 g/mol. The van der Waals surface area contributed by atoms with Gasteiger partial charge in [-0.3, -0.25) is 9.44 Å². The number of methoxy groups -OCH3 is 1. The number of aliphatic carboxylic acids is 1. The van der Waals surface area contributed by atoms with Crippen molar-refractivity contribution in [2.75, 3.05) is 32.1 Å². The predicted octanol–water partition coefficient (Wildman–Crippen LogP) is 2.35. The normalized spacial score (nSPS) is 33.0. The molecular weight excluding hydrogens is 405 g/mol. The summed E-state index contributed by atoms with van der Waals surface area (Å²) in [7, 11) is 3.41. The fourth-order valence-electron chi connectivity index (χ4n) is 5.39. The molecule has 0 spiro atoms. The van der Waals surface area contributed by atoms with Crippen molar-refractivity contribution in [3.8, 4) is 5.75 Å². The van der Waals surface area contributed by atoms with E-state index in [-0.39, 0.29) is 29.0 Å². The summed E-state index contributed by atoms with van der Waals surface area (Å²) in [5.74, 6) is -1.55. The van der Waals surface area contributed by atoms with Crippen molar-refractivity contribution in [1.82, 2.24) is 9.96 Å². The molecule has 4 atom stereocenters. The Morgan fingerprint density at radius 3 is 2.68 bits per heavy atom. The number of ketones is 1. The molecule has 1 aromatic rings. The van der Waals surface area contributed by atoms with Gasteiger partial charge in [0.2, 0.25) is 11.5 Å². The van der Waals surface area contributed by atoms with Gasteiger partial charge in [0.1, 0.15) is 12.2 Å². The lowest BCUT2D eigenvalue weighted by Gasteiger charge is -2.43. The number of nitrogens with zero attached hydrogens (tertiary/aromatic N) is 2. The molecule has 0 aromatic heterocycles. The zero-order valence-electron chi connectivity index (χ0n) is 17.6. The molecule has 166 valence electrons. The number of fused-ring (bicyclic) bond motifs is 1. The van der Waals surface area contributed by atoms with Gasteiger partial charge in [-0.1, -0.05) is 0 Å². The molecule has 4 aliphatic rings. The van der Waals surface area contributed by atoms with Crippen LogP contribution in [-0.2, 0) is 4.79 Å². The van der Waals surface area contributed by atoms with Crippen molar-refractivity contribution < 1.29 is 23.8 Å². The number of carbonyl (C=O) groups is 2. The number of rotatable bonds is 6. The minimum atomic E-state index is -1.49. The standard InChI is InChI=1S/C22H26FN3O5/c1-24-22(6-7-22)12-5-8-25(10-12)16-4-3-13-18(20(16)31-2)26(30,17-9-15(17)23)11-14(19(13)27)21(28)29/h3-4,11-12,15,17,24H,5-10H2,1-2H3,(H,28,29)/t12-,15-,17-,26?/m1/s1. The second-order valence-corrected chi connectivity index (χ2v) is 9.06. The number of carboxylic acid groups (broad SMARTS) is 1. The Balaban J connectivity index is 1.59. The van der Waals surface area contributed by atoms with Crippen LogP contribution in [-0.4, -0.2) is 61.9 Å². The Bertz CT molecular complexity index is 1010. The summed E-state index contributed by atoms with van der Waals surface area (Å²) < 4.78 is 18.4. The fourth-order valence-corrected chi connectivity index (χ4v) is 5.39. The van der Waals surface area contributed by atoms with Crippen LogP contribution in [0.3, 0.4) is 0 Å². The van der Waals surface area contributed by atoms with Crippen LogP contribution in [0, 0.1) is 11.1 Å². The highest BCUT2D eigenvalue weighted by atomic mass is 19.1. The Labute approximate surface area is 179 Å². The van der Waals surface area contributed by atoms with Crippen molar-refractivity contribution in [1.29, 1.82) is 0 Å². The summed E-state index contributed by atoms with van der Waals surface area (Å²) in [4.78, 5) is 26.6. The maximum atomic E-state index is 14.1. The van der Waals surface area contributed by atoms with Crippen LogP contribution in [0.5, 0.6) is 5.75 Å². The number of anilines is 1. The maximum Gasteiger partial charge on any atom is 0.345 e. The Hall–Kier alpha value is -2.49. The van der Waals surface area contributed by atoms with Gasteiger partial charge in [0.05, 0.1) is 18.4 Å². The van der Waals surface area contributed by atoms with E-state index in [1.54, 1.807) is 6.07 Å². The summed E-state index contributed by atoms with van der Waals surface area (Å²) in [5.41, 5.74) is 0.212. The molecule has 8 nitrogen and oxygen atoms in total. The van der Waals surface area contributed by atoms with Crippen molar-refractivity contribution in [3.63, 3.8) is 0 Å². The highest BCUT2D eigenvalue weighted by molar-refractivity contribution is 6.27. The lowest BCUT2D eigenvalue weighted by Crippen LogP contribution is -2.46. The van der Waals surface area contributed by atoms with Gasteiger partial charge in [0.15, 0.2) is 17.4 Å². The smallest absolute Gasteiger partial charge is 0.345 e. The number of hydroxylamine groups is 2. The zero-order chi connectivity index (χ0) is 22.1. The Morgan fingerprint density at radius 1 is 1.42 bits per heavy atom. The van der Waals surface area contributed by atoms with E-state index in [2.05, 4.69) is 10.2 Å². The molecule has 0 bridgehead atoms. The van der Waals surface area contributed by atoms with Crippen LogP contribution >= 0.6 is 0 Å². The summed E-state index contributed by atoms with van der Waals surface area (Å²) in [5, 5.41) is 26.8. The molecule has 2 aliphatic heterocycles. The zero-order valence-corrected chi connectivity index (χ0v) is 17.6. The molecule has 0 amide bonds. The molecule has 2 heterocycles. The largest absolute Gasteiger partial charge is 0.622 e. The first-order valence-electron chi connectivity index (χ1n) is 10.7. The first kappa shape index (κ1) is 20.4. The van der Waals surface area contributed by atoms with Crippen LogP contribution in [0.2, 0.25) is 0 Å². The van der Waals surface area contributed by atoms with E-state index >= 15 is 0 Å². The predicted molar refractivity (Wildman–Crippen MR) is 113 cm³/mol. The first-order valence-corrected chi connectivity index (χ1v) is 10.7. The van der Waals surface area contributed by atoms with Gasteiger partial charge in [-0.25, -0.2) is 9.18 Å². The number of alkyl halides is 1. The molecule has 5 rings (SSSR count). The third kappa shape index (κ3) is 2.90. The maximum absolute atomic E-state index is 14.1. The van der Waals surface area contributed by atoms with Gasteiger partial charge in [0.25, 0.3) is 0 Å². The molecule has 1 unspecified atom stereocenters. The third-order valence-electron chi connectivity index (χ3n) is 7.48. The average Bonchev–Trinajstić information content (AvgIpc) is 3.66. The SMILES string of the molecule is CNC1([C@@H]2CCN(c3ccc4c(c3OC)[N+]([O-])([C@@H]3C[C@H]3F)C=C(C(=O)O)C4=O)C2)CC1. The number of quaternary nitrogens is 1. The summed E-state index contributed by atoms with van der Waals surface area (Å²) in [6, 6.07) is 2.23. The van der Waals surface area contributed by atoms with Gasteiger partial charge in [0, 0.05) is 25.0 Å². The number of Topliss-reactive ketones (excluding diaryl/α,β-unsaturated/α-hetero) is 1. The second-order valence-electron chi connectivity index (χ2n) is 9.06. The van der Waals surface area contributed by atoms with E-state index in [0.29, 0.717) is 11.6 Å². The minimum absolute atomic E-state index is 0.0124. The van der Waals surface area contributed by atoms with Gasteiger partial charge < -0.3 is 25.3 Å². The van der Waals surface area contributed by atoms with E-state index in [1.165, 1.54) is 13.2 Å². The van der Waals surface area contributed by atoms with E-state index < -0.39 is 34.2 Å². The molecule has 31 heavy (non-hydrogen) atoms. The number of hydrogen-bond donors (Lipinski definition) is 2. The van der Waals surface area contributed by atoms with Gasteiger partial charge in [-0.05, 0) is 44.4 Å². The minimum Gasteiger partial charge on any atom is -0.622 e. The number of carboxylic acids is 1. The fraction of sp³-hybridized carbons (Fsp3) is 0.545. The Kier molecular flexibility index (Phi) is 4.45.